The smallest absolute Gasteiger partial charge is 0.225 e. The van der Waals surface area contributed by atoms with Crippen molar-refractivity contribution in [2.75, 3.05) is 37.4 Å². The number of anilines is 2. The first kappa shape index (κ1) is 23.9. The van der Waals surface area contributed by atoms with Crippen LogP contribution in [0.4, 0.5) is 11.8 Å². The third-order valence-electron chi connectivity index (χ3n) is 7.19. The van der Waals surface area contributed by atoms with Gasteiger partial charge in [0.2, 0.25) is 17.8 Å². The molecule has 0 bridgehead atoms. The normalized spacial score (nSPS) is 26.3. The Labute approximate surface area is 210 Å². The number of hydrogen-bond acceptors (Lipinski definition) is 7. The Morgan fingerprint density at radius 3 is 2.66 bits per heavy atom. The second-order valence-electron chi connectivity index (χ2n) is 10.0. The fourth-order valence-electron chi connectivity index (χ4n) is 5.27. The van der Waals surface area contributed by atoms with Gasteiger partial charge in [0.25, 0.3) is 0 Å². The minimum atomic E-state index is -0.229. The Bertz CT molecular complexity index is 1110. The summed E-state index contributed by atoms with van der Waals surface area (Å²) in [7, 11) is 3.99. The number of hydrogen-bond donors (Lipinski definition) is 2. The second-order valence-corrected chi connectivity index (χ2v) is 11.3. The molecule has 1 aromatic heterocycles. The van der Waals surface area contributed by atoms with E-state index in [2.05, 4.69) is 22.1 Å². The highest BCUT2D eigenvalue weighted by atomic mass is 32.2. The van der Waals surface area contributed by atoms with Gasteiger partial charge >= 0.3 is 0 Å². The summed E-state index contributed by atoms with van der Waals surface area (Å²) >= 11 is 1.78. The summed E-state index contributed by atoms with van der Waals surface area (Å²) in [4.78, 5) is 38.7. The molecule has 1 saturated heterocycles. The third kappa shape index (κ3) is 5.55. The van der Waals surface area contributed by atoms with Gasteiger partial charge in [0.1, 0.15) is 5.82 Å². The second kappa shape index (κ2) is 10.4. The number of benzene rings is 1. The van der Waals surface area contributed by atoms with Gasteiger partial charge in [0.05, 0.1) is 11.4 Å². The van der Waals surface area contributed by atoms with Crippen LogP contribution in [0.2, 0.25) is 0 Å². The Morgan fingerprint density at radius 1 is 1.14 bits per heavy atom. The van der Waals surface area contributed by atoms with Gasteiger partial charge in [-0.15, -0.1) is 11.8 Å². The van der Waals surface area contributed by atoms with E-state index in [-0.39, 0.29) is 29.8 Å². The quantitative estimate of drug-likeness (QED) is 0.610. The van der Waals surface area contributed by atoms with Crippen molar-refractivity contribution in [3.8, 4) is 0 Å². The summed E-state index contributed by atoms with van der Waals surface area (Å²) in [6.07, 6.45) is 7.20. The molecule has 0 spiro atoms. The number of rotatable bonds is 7. The minimum Gasteiger partial charge on any atom is -0.362 e. The topological polar surface area (TPSA) is 90.5 Å². The Hall–Kier alpha value is -2.81. The number of thioether (sulfide) groups is 1. The largest absolute Gasteiger partial charge is 0.362 e. The first-order valence-corrected chi connectivity index (χ1v) is 13.5. The molecule has 2 fully saturated rings. The van der Waals surface area contributed by atoms with Crippen LogP contribution in [0.3, 0.4) is 0 Å². The van der Waals surface area contributed by atoms with Crippen molar-refractivity contribution >= 4 is 46.2 Å². The van der Waals surface area contributed by atoms with Crippen molar-refractivity contribution in [3.63, 3.8) is 0 Å². The molecule has 3 aliphatic rings. The van der Waals surface area contributed by atoms with Crippen molar-refractivity contribution in [1.29, 1.82) is 0 Å². The van der Waals surface area contributed by atoms with Crippen LogP contribution in [-0.2, 0) is 9.59 Å². The molecule has 1 aliphatic carbocycles. The number of carbonyl (C=O) groups is 2. The first-order valence-electron chi connectivity index (χ1n) is 12.6. The Kier molecular flexibility index (Phi) is 7.13. The van der Waals surface area contributed by atoms with Crippen LogP contribution in [0.15, 0.2) is 35.7 Å². The van der Waals surface area contributed by atoms with Gasteiger partial charge in [-0.1, -0.05) is 18.2 Å². The van der Waals surface area contributed by atoms with Gasteiger partial charge in [0, 0.05) is 56.3 Å². The molecule has 1 saturated carbocycles. The number of para-hydroxylation sites is 1. The molecular weight excluding hydrogens is 460 g/mol. The van der Waals surface area contributed by atoms with Crippen LogP contribution < -0.4 is 15.5 Å². The molecule has 2 amide bonds. The van der Waals surface area contributed by atoms with Crippen LogP contribution in [0.1, 0.15) is 38.5 Å². The molecule has 35 heavy (non-hydrogen) atoms. The van der Waals surface area contributed by atoms with Crippen molar-refractivity contribution in [3.05, 3.63) is 35.7 Å². The minimum absolute atomic E-state index is 0.0305. The van der Waals surface area contributed by atoms with E-state index in [4.69, 9.17) is 9.97 Å². The van der Waals surface area contributed by atoms with E-state index < -0.39 is 0 Å². The predicted molar refractivity (Wildman–Crippen MR) is 141 cm³/mol. The highest BCUT2D eigenvalue weighted by molar-refractivity contribution is 8.03. The molecule has 8 nitrogen and oxygen atoms in total. The van der Waals surface area contributed by atoms with Crippen LogP contribution in [0.25, 0.3) is 10.9 Å². The molecule has 2 aliphatic heterocycles. The number of nitrogens with one attached hydrogen (secondary N) is 2. The Morgan fingerprint density at radius 2 is 1.91 bits per heavy atom. The zero-order valence-electron chi connectivity index (χ0n) is 20.4. The van der Waals surface area contributed by atoms with E-state index in [1.807, 2.05) is 48.2 Å². The monoisotopic (exact) mass is 494 g/mol. The molecule has 2 atom stereocenters. The van der Waals surface area contributed by atoms with E-state index in [1.165, 1.54) is 0 Å². The maximum atomic E-state index is 12.9. The number of allylic oxidation sites excluding steroid dienone is 1. The average Bonchev–Trinajstić information content (AvgIpc) is 3.50. The van der Waals surface area contributed by atoms with Gasteiger partial charge in [-0.05, 0) is 49.6 Å². The van der Waals surface area contributed by atoms with Crippen molar-refractivity contribution in [1.82, 2.24) is 20.2 Å². The first-order chi connectivity index (χ1) is 17.0. The SMILES string of the molecule is CN(C)c1nc(NC2CCC(NC(=O)C3CC(=O)N(CC4CC=CS4)C3)CC2)nc2ccccc12. The van der Waals surface area contributed by atoms with Crippen molar-refractivity contribution in [2.24, 2.45) is 5.92 Å². The highest BCUT2D eigenvalue weighted by Crippen LogP contribution is 2.29. The summed E-state index contributed by atoms with van der Waals surface area (Å²) in [6.45, 7) is 1.29. The van der Waals surface area contributed by atoms with Crippen molar-refractivity contribution < 1.29 is 9.59 Å². The van der Waals surface area contributed by atoms with E-state index in [0.717, 1.165) is 55.4 Å². The molecule has 3 heterocycles. The summed E-state index contributed by atoms with van der Waals surface area (Å²) < 4.78 is 0. The number of nitrogens with zero attached hydrogens (tertiary/aromatic N) is 4. The fraction of sp³-hybridized carbons (Fsp3) is 0.538. The number of aromatic nitrogens is 2. The van der Waals surface area contributed by atoms with Gasteiger partial charge in [-0.3, -0.25) is 9.59 Å². The van der Waals surface area contributed by atoms with Crippen LogP contribution >= 0.6 is 11.8 Å². The van der Waals surface area contributed by atoms with Crippen molar-refractivity contribution in [2.45, 2.75) is 55.9 Å². The number of likely N-dealkylation sites (tertiary alicyclic amines) is 1. The zero-order valence-corrected chi connectivity index (χ0v) is 21.3. The maximum absolute atomic E-state index is 12.9. The summed E-state index contributed by atoms with van der Waals surface area (Å²) in [5.74, 6) is 1.47. The molecule has 5 rings (SSSR count). The van der Waals surface area contributed by atoms with Crippen LogP contribution in [0.5, 0.6) is 0 Å². The molecule has 186 valence electrons. The number of carbonyl (C=O) groups excluding carboxylic acids is 2. The molecule has 1 aromatic carbocycles. The lowest BCUT2D eigenvalue weighted by Gasteiger charge is -2.30. The van der Waals surface area contributed by atoms with E-state index in [9.17, 15) is 9.59 Å². The van der Waals surface area contributed by atoms with Crippen LogP contribution in [0, 0.1) is 5.92 Å². The molecular formula is C26H34N6O2S. The van der Waals surface area contributed by atoms with Gasteiger partial charge in [-0.25, -0.2) is 4.98 Å². The lowest BCUT2D eigenvalue weighted by molar-refractivity contribution is -0.129. The predicted octanol–water partition coefficient (Wildman–Crippen LogP) is 3.40. The summed E-state index contributed by atoms with van der Waals surface area (Å²) in [6, 6.07) is 8.50. The van der Waals surface area contributed by atoms with E-state index in [0.29, 0.717) is 24.2 Å². The van der Waals surface area contributed by atoms with E-state index in [1.54, 1.807) is 11.8 Å². The van der Waals surface area contributed by atoms with Gasteiger partial charge in [0.15, 0.2) is 0 Å². The Balaban J connectivity index is 1.11. The van der Waals surface area contributed by atoms with Gasteiger partial charge < -0.3 is 20.4 Å². The van der Waals surface area contributed by atoms with Crippen LogP contribution in [-0.4, -0.2) is 71.2 Å². The van der Waals surface area contributed by atoms with E-state index >= 15 is 0 Å². The fourth-order valence-corrected chi connectivity index (χ4v) is 6.20. The lowest BCUT2D eigenvalue weighted by atomic mass is 9.90. The molecule has 2 unspecified atom stereocenters. The standard InChI is InChI=1S/C26H34N6O2S/c1-31(2)24-21-7-3-4-8-22(21)29-26(30-24)28-19-11-9-18(10-12-19)27-25(34)17-14-23(33)32(15-17)16-20-6-5-13-35-20/h3-5,7-8,13,17-20H,6,9-12,14-16H2,1-2H3,(H,27,34)(H,28,29,30). The lowest BCUT2D eigenvalue weighted by Crippen LogP contribution is -2.43. The molecule has 2 aromatic rings. The maximum Gasteiger partial charge on any atom is 0.225 e. The third-order valence-corrected chi connectivity index (χ3v) is 8.27. The molecule has 2 N–H and O–H groups in total. The summed E-state index contributed by atoms with van der Waals surface area (Å²) in [5, 5.41) is 10.3. The highest BCUT2D eigenvalue weighted by Gasteiger charge is 2.36. The summed E-state index contributed by atoms with van der Waals surface area (Å²) in [5.41, 5.74) is 0.928. The zero-order chi connectivity index (χ0) is 24.4. The van der Waals surface area contributed by atoms with Gasteiger partial charge in [-0.2, -0.15) is 4.98 Å². The molecule has 0 radical (unpaired) electrons. The number of fused-ring (bicyclic) bond motifs is 1. The average molecular weight is 495 g/mol. The molecule has 9 heteroatoms. The number of amides is 2.